The molecule has 0 atom stereocenters. The quantitative estimate of drug-likeness (QED) is 0.568. The molecule has 4 rings (SSSR count). The van der Waals surface area contributed by atoms with Crippen LogP contribution in [0.5, 0.6) is 5.75 Å². The zero-order valence-electron chi connectivity index (χ0n) is 14.0. The van der Waals surface area contributed by atoms with Crippen LogP contribution in [0.4, 0.5) is 0 Å². The van der Waals surface area contributed by atoms with E-state index < -0.39 is 0 Å². The predicted octanol–water partition coefficient (Wildman–Crippen LogP) is 4.13. The zero-order valence-corrected chi connectivity index (χ0v) is 14.0. The first-order valence-corrected chi connectivity index (χ1v) is 8.71. The van der Waals surface area contributed by atoms with E-state index in [1.54, 1.807) is 0 Å². The maximum atomic E-state index is 11.1. The lowest BCUT2D eigenvalue weighted by molar-refractivity contribution is 0.0876. The van der Waals surface area contributed by atoms with E-state index in [1.807, 2.05) is 18.2 Å². The van der Waals surface area contributed by atoms with Crippen LogP contribution in [0.3, 0.4) is 0 Å². The number of hydrogen-bond donors (Lipinski definition) is 0. The monoisotopic (exact) mass is 322 g/mol. The first kappa shape index (κ1) is 15.4. The van der Waals surface area contributed by atoms with Gasteiger partial charge in [0, 0.05) is 5.56 Å². The molecule has 2 aromatic rings. The molecule has 0 N–H and O–H groups in total. The summed E-state index contributed by atoms with van der Waals surface area (Å²) in [5.74, 6) is 1.00. The van der Waals surface area contributed by atoms with E-state index in [0.717, 1.165) is 36.0 Å². The molecule has 1 fully saturated rings. The van der Waals surface area contributed by atoms with Gasteiger partial charge in [0.15, 0.2) is 0 Å². The summed E-state index contributed by atoms with van der Waals surface area (Å²) in [5.41, 5.74) is 7.00. The van der Waals surface area contributed by atoms with Gasteiger partial charge in [-0.15, -0.1) is 0 Å². The number of aldehydes is 1. The Balaban J connectivity index is 1.57. The van der Waals surface area contributed by atoms with Crippen molar-refractivity contribution in [2.24, 2.45) is 0 Å². The molecule has 1 saturated carbocycles. The van der Waals surface area contributed by atoms with Crippen molar-refractivity contribution in [2.45, 2.75) is 38.7 Å². The Kier molecular flexibility index (Phi) is 4.11. The average molecular weight is 322 g/mol. The van der Waals surface area contributed by atoms with Gasteiger partial charge in [-0.05, 0) is 72.6 Å². The first-order valence-electron chi connectivity index (χ1n) is 8.71. The van der Waals surface area contributed by atoms with Gasteiger partial charge in [-0.1, -0.05) is 18.2 Å². The summed E-state index contributed by atoms with van der Waals surface area (Å²) in [6.07, 6.45) is 5.92. The molecule has 0 aromatic heterocycles. The molecule has 124 valence electrons. The molecule has 0 heterocycles. The lowest BCUT2D eigenvalue weighted by atomic mass is 9.79. The third kappa shape index (κ3) is 2.96. The lowest BCUT2D eigenvalue weighted by Gasteiger charge is -2.28. The summed E-state index contributed by atoms with van der Waals surface area (Å²) in [6, 6.07) is 9.98. The summed E-state index contributed by atoms with van der Waals surface area (Å²) in [4.78, 5) is 11.1. The van der Waals surface area contributed by atoms with Gasteiger partial charge < -0.3 is 9.47 Å². The molecule has 0 unspecified atom stereocenters. The fourth-order valence-corrected chi connectivity index (χ4v) is 3.42. The van der Waals surface area contributed by atoms with Gasteiger partial charge in [0.25, 0.3) is 0 Å². The number of ether oxygens (including phenoxy) is 2. The Morgan fingerprint density at radius 3 is 2.67 bits per heavy atom. The van der Waals surface area contributed by atoms with Crippen molar-refractivity contribution in [3.63, 3.8) is 0 Å². The van der Waals surface area contributed by atoms with Crippen molar-refractivity contribution in [1.82, 2.24) is 0 Å². The minimum atomic E-state index is 0.478. The van der Waals surface area contributed by atoms with Crippen LogP contribution in [0.15, 0.2) is 30.3 Å². The minimum absolute atomic E-state index is 0.478. The SMILES string of the molecule is Cc1cc(OCCOC2CC2)c2c(c1-c1cccc(C=O)c1)CC2. The van der Waals surface area contributed by atoms with Crippen molar-refractivity contribution in [3.05, 3.63) is 52.6 Å². The average Bonchev–Trinajstić information content (AvgIpc) is 3.38. The molecule has 0 bridgehead atoms. The fraction of sp³-hybridized carbons (Fsp3) is 0.381. The van der Waals surface area contributed by atoms with Crippen LogP contribution in [0.2, 0.25) is 0 Å². The van der Waals surface area contributed by atoms with Crippen LogP contribution < -0.4 is 4.74 Å². The van der Waals surface area contributed by atoms with Crippen molar-refractivity contribution in [2.75, 3.05) is 13.2 Å². The molecule has 2 aromatic carbocycles. The molecule has 0 saturated heterocycles. The molecule has 0 amide bonds. The Morgan fingerprint density at radius 2 is 1.96 bits per heavy atom. The van der Waals surface area contributed by atoms with Gasteiger partial charge in [0.05, 0.1) is 12.7 Å². The third-order valence-electron chi connectivity index (χ3n) is 4.86. The van der Waals surface area contributed by atoms with Gasteiger partial charge in [-0.3, -0.25) is 4.79 Å². The van der Waals surface area contributed by atoms with Gasteiger partial charge >= 0.3 is 0 Å². The molecular weight excluding hydrogens is 300 g/mol. The molecule has 2 aliphatic rings. The van der Waals surface area contributed by atoms with Gasteiger partial charge in [0.2, 0.25) is 0 Å². The summed E-state index contributed by atoms with van der Waals surface area (Å²) in [5, 5.41) is 0. The number of carbonyl (C=O) groups excluding carboxylic acids is 1. The Labute approximate surface area is 142 Å². The van der Waals surface area contributed by atoms with Gasteiger partial charge in [-0.2, -0.15) is 0 Å². The Bertz CT molecular complexity index is 775. The topological polar surface area (TPSA) is 35.5 Å². The van der Waals surface area contributed by atoms with E-state index in [0.29, 0.717) is 19.3 Å². The minimum Gasteiger partial charge on any atom is -0.491 e. The molecule has 2 aliphatic carbocycles. The molecule has 24 heavy (non-hydrogen) atoms. The number of fused-ring (bicyclic) bond motifs is 1. The molecule has 3 heteroatoms. The van der Waals surface area contributed by atoms with Crippen molar-refractivity contribution in [3.8, 4) is 16.9 Å². The highest BCUT2D eigenvalue weighted by Gasteiger charge is 2.25. The van der Waals surface area contributed by atoms with Crippen LogP contribution in [-0.4, -0.2) is 25.6 Å². The summed E-state index contributed by atoms with van der Waals surface area (Å²) in [6.45, 7) is 3.40. The number of rotatable bonds is 7. The predicted molar refractivity (Wildman–Crippen MR) is 93.9 cm³/mol. The summed E-state index contributed by atoms with van der Waals surface area (Å²) < 4.78 is 11.6. The van der Waals surface area contributed by atoms with Gasteiger partial charge in [0.1, 0.15) is 18.6 Å². The highest BCUT2D eigenvalue weighted by Crippen LogP contribution is 2.42. The maximum absolute atomic E-state index is 11.1. The van der Waals surface area contributed by atoms with E-state index in [-0.39, 0.29) is 0 Å². The van der Waals surface area contributed by atoms with E-state index in [1.165, 1.54) is 35.1 Å². The normalized spacial score (nSPS) is 15.5. The van der Waals surface area contributed by atoms with Crippen molar-refractivity contribution in [1.29, 1.82) is 0 Å². The standard InChI is InChI=1S/C21H22O3/c1-14-11-20(24-10-9-23-17-5-6-17)18-7-8-19(18)21(14)16-4-2-3-15(12-16)13-22/h2-4,11-13,17H,5-10H2,1H3. The molecule has 0 aliphatic heterocycles. The van der Waals surface area contributed by atoms with E-state index in [4.69, 9.17) is 9.47 Å². The highest BCUT2D eigenvalue weighted by atomic mass is 16.5. The number of aryl methyl sites for hydroxylation is 1. The number of benzene rings is 2. The molecule has 0 spiro atoms. The van der Waals surface area contributed by atoms with E-state index in [2.05, 4.69) is 19.1 Å². The van der Waals surface area contributed by atoms with Crippen LogP contribution in [0.1, 0.15) is 39.9 Å². The van der Waals surface area contributed by atoms with Crippen molar-refractivity contribution >= 4 is 6.29 Å². The van der Waals surface area contributed by atoms with Crippen LogP contribution in [0, 0.1) is 6.92 Å². The highest BCUT2D eigenvalue weighted by molar-refractivity contribution is 5.82. The second-order valence-corrected chi connectivity index (χ2v) is 6.69. The second kappa shape index (κ2) is 6.40. The second-order valence-electron chi connectivity index (χ2n) is 6.69. The maximum Gasteiger partial charge on any atom is 0.150 e. The number of carbonyl (C=O) groups is 1. The van der Waals surface area contributed by atoms with Crippen LogP contribution in [-0.2, 0) is 17.6 Å². The number of hydrogen-bond acceptors (Lipinski definition) is 3. The van der Waals surface area contributed by atoms with E-state index in [9.17, 15) is 4.79 Å². The fourth-order valence-electron chi connectivity index (χ4n) is 3.42. The summed E-state index contributed by atoms with van der Waals surface area (Å²) in [7, 11) is 0. The van der Waals surface area contributed by atoms with Crippen LogP contribution in [0.25, 0.3) is 11.1 Å². The first-order chi connectivity index (χ1) is 11.8. The van der Waals surface area contributed by atoms with E-state index >= 15 is 0 Å². The van der Waals surface area contributed by atoms with Crippen LogP contribution >= 0.6 is 0 Å². The van der Waals surface area contributed by atoms with Gasteiger partial charge in [-0.25, -0.2) is 0 Å². The smallest absolute Gasteiger partial charge is 0.150 e. The largest absolute Gasteiger partial charge is 0.491 e. The lowest BCUT2D eigenvalue weighted by Crippen LogP contribution is -2.16. The molecule has 3 nitrogen and oxygen atoms in total. The third-order valence-corrected chi connectivity index (χ3v) is 4.86. The Morgan fingerprint density at radius 1 is 1.12 bits per heavy atom. The molecule has 0 radical (unpaired) electrons. The molecular formula is C21H22O3. The zero-order chi connectivity index (χ0) is 16.5. The summed E-state index contributed by atoms with van der Waals surface area (Å²) >= 11 is 0. The Hall–Kier alpha value is -2.13. The van der Waals surface area contributed by atoms with Crippen molar-refractivity contribution < 1.29 is 14.3 Å².